The first kappa shape index (κ1) is 7.40. The molecule has 1 aromatic rings. The average molecular weight is 149 g/mol. The van der Waals surface area contributed by atoms with Crippen molar-refractivity contribution in [3.05, 3.63) is 30.1 Å². The molecule has 1 aromatic heterocycles. The monoisotopic (exact) mass is 149 g/mol. The summed E-state index contributed by atoms with van der Waals surface area (Å²) in [4.78, 5) is 10.3. The van der Waals surface area contributed by atoms with E-state index in [9.17, 15) is 4.79 Å². The Morgan fingerprint density at radius 1 is 1.64 bits per heavy atom. The largest absolute Gasteiger partial charge is 0.366 e. The maximum atomic E-state index is 10.3. The van der Waals surface area contributed by atoms with Gasteiger partial charge in [0.1, 0.15) is 0 Å². The van der Waals surface area contributed by atoms with Crippen molar-refractivity contribution in [2.24, 2.45) is 5.73 Å². The molecule has 0 fully saturated rings. The molecule has 4 nitrogen and oxygen atoms in total. The van der Waals surface area contributed by atoms with E-state index in [0.29, 0.717) is 5.69 Å². The van der Waals surface area contributed by atoms with E-state index < -0.39 is 5.91 Å². The molecule has 0 aliphatic heterocycles. The van der Waals surface area contributed by atoms with Gasteiger partial charge in [-0.2, -0.15) is 10.2 Å². The fourth-order valence-electron chi connectivity index (χ4n) is 0.570. The molecule has 2 N–H and O–H groups in total. The number of hydrogen-bond donors (Lipinski definition) is 1. The summed E-state index contributed by atoms with van der Waals surface area (Å²) in [6.07, 6.45) is 4.31. The van der Waals surface area contributed by atoms with Gasteiger partial charge in [-0.25, -0.2) is 0 Å². The van der Waals surface area contributed by atoms with Gasteiger partial charge in [0, 0.05) is 12.3 Å². The van der Waals surface area contributed by atoms with Gasteiger partial charge in [-0.15, -0.1) is 0 Å². The summed E-state index contributed by atoms with van der Waals surface area (Å²) >= 11 is 0. The Hall–Kier alpha value is -1.71. The highest BCUT2D eigenvalue weighted by molar-refractivity contribution is 5.89. The number of carbonyl (C=O) groups excluding carboxylic acids is 1. The Balaban J connectivity index is 2.72. The van der Waals surface area contributed by atoms with Crippen LogP contribution in [0, 0.1) is 0 Å². The van der Waals surface area contributed by atoms with E-state index >= 15 is 0 Å². The van der Waals surface area contributed by atoms with Crippen molar-refractivity contribution in [1.82, 2.24) is 10.2 Å². The van der Waals surface area contributed by atoms with Crippen molar-refractivity contribution >= 4 is 12.0 Å². The van der Waals surface area contributed by atoms with Crippen molar-refractivity contribution in [3.8, 4) is 0 Å². The zero-order chi connectivity index (χ0) is 8.10. The number of nitrogens with zero attached hydrogens (tertiary/aromatic N) is 2. The standard InChI is InChI=1S/C7H7N3O/c8-7(11)4-3-6-2-1-5-9-10-6/h1-5H,(H2,8,11). The van der Waals surface area contributed by atoms with E-state index in [0.717, 1.165) is 0 Å². The summed E-state index contributed by atoms with van der Waals surface area (Å²) < 4.78 is 0. The average Bonchev–Trinajstić information content (AvgIpc) is 2.03. The minimum Gasteiger partial charge on any atom is -0.366 e. The normalized spacial score (nSPS) is 10.2. The first-order valence-electron chi connectivity index (χ1n) is 3.04. The molecule has 0 aromatic carbocycles. The van der Waals surface area contributed by atoms with Gasteiger partial charge in [-0.3, -0.25) is 4.79 Å². The van der Waals surface area contributed by atoms with Gasteiger partial charge >= 0.3 is 0 Å². The molecule has 0 spiro atoms. The van der Waals surface area contributed by atoms with Gasteiger partial charge in [-0.05, 0) is 18.2 Å². The van der Waals surface area contributed by atoms with Gasteiger partial charge in [-0.1, -0.05) is 0 Å². The number of carbonyl (C=O) groups is 1. The topological polar surface area (TPSA) is 68.9 Å². The predicted molar refractivity (Wildman–Crippen MR) is 40.3 cm³/mol. The third-order valence-corrected chi connectivity index (χ3v) is 1.01. The van der Waals surface area contributed by atoms with Gasteiger partial charge in [0.15, 0.2) is 0 Å². The third kappa shape index (κ3) is 2.57. The molecule has 0 radical (unpaired) electrons. The van der Waals surface area contributed by atoms with Crippen LogP contribution in [0.1, 0.15) is 5.69 Å². The van der Waals surface area contributed by atoms with E-state index in [4.69, 9.17) is 5.73 Å². The van der Waals surface area contributed by atoms with Crippen molar-refractivity contribution in [2.45, 2.75) is 0 Å². The van der Waals surface area contributed by atoms with Crippen LogP contribution in [0.2, 0.25) is 0 Å². The lowest BCUT2D eigenvalue weighted by Crippen LogP contribution is -2.05. The lowest BCUT2D eigenvalue weighted by molar-refractivity contribution is -0.113. The van der Waals surface area contributed by atoms with E-state index in [2.05, 4.69) is 10.2 Å². The molecule has 11 heavy (non-hydrogen) atoms. The molecule has 0 saturated heterocycles. The van der Waals surface area contributed by atoms with E-state index in [1.807, 2.05) is 0 Å². The Bertz CT molecular complexity index is 268. The van der Waals surface area contributed by atoms with Crippen LogP contribution in [0.4, 0.5) is 0 Å². The summed E-state index contributed by atoms with van der Waals surface area (Å²) in [7, 11) is 0. The molecule has 0 unspecified atom stereocenters. The van der Waals surface area contributed by atoms with Gasteiger partial charge < -0.3 is 5.73 Å². The summed E-state index contributed by atoms with van der Waals surface area (Å²) in [5.41, 5.74) is 5.48. The lowest BCUT2D eigenvalue weighted by atomic mass is 10.3. The minimum absolute atomic E-state index is 0.490. The molecule has 0 bridgehead atoms. The number of amides is 1. The second-order valence-electron chi connectivity index (χ2n) is 1.88. The molecule has 0 aliphatic carbocycles. The Morgan fingerprint density at radius 3 is 3.00 bits per heavy atom. The minimum atomic E-state index is -0.490. The molecule has 4 heteroatoms. The molecule has 1 heterocycles. The van der Waals surface area contributed by atoms with Crippen molar-refractivity contribution in [3.63, 3.8) is 0 Å². The third-order valence-electron chi connectivity index (χ3n) is 1.01. The number of primary amides is 1. The van der Waals surface area contributed by atoms with Crippen LogP contribution in [0.5, 0.6) is 0 Å². The number of hydrogen-bond acceptors (Lipinski definition) is 3. The van der Waals surface area contributed by atoms with Crippen molar-refractivity contribution < 1.29 is 4.79 Å². The molecular weight excluding hydrogens is 142 g/mol. The lowest BCUT2D eigenvalue weighted by Gasteiger charge is -1.86. The first-order valence-corrected chi connectivity index (χ1v) is 3.04. The van der Waals surface area contributed by atoms with Gasteiger partial charge in [0.25, 0.3) is 0 Å². The number of aromatic nitrogens is 2. The molecule has 0 aliphatic rings. The van der Waals surface area contributed by atoms with Gasteiger partial charge in [0.05, 0.1) is 5.69 Å². The van der Waals surface area contributed by atoms with Crippen LogP contribution in [0.15, 0.2) is 24.4 Å². The maximum Gasteiger partial charge on any atom is 0.241 e. The van der Waals surface area contributed by atoms with Crippen LogP contribution >= 0.6 is 0 Å². The smallest absolute Gasteiger partial charge is 0.241 e. The fourth-order valence-corrected chi connectivity index (χ4v) is 0.570. The molecule has 56 valence electrons. The Kier molecular flexibility index (Phi) is 2.32. The fraction of sp³-hybridized carbons (Fsp3) is 0. The zero-order valence-corrected chi connectivity index (χ0v) is 5.77. The second-order valence-corrected chi connectivity index (χ2v) is 1.88. The quantitative estimate of drug-likeness (QED) is 0.600. The van der Waals surface area contributed by atoms with E-state index in [-0.39, 0.29) is 0 Å². The van der Waals surface area contributed by atoms with E-state index in [1.54, 1.807) is 18.3 Å². The van der Waals surface area contributed by atoms with Crippen LogP contribution in [-0.4, -0.2) is 16.1 Å². The molecular formula is C7H7N3O. The van der Waals surface area contributed by atoms with Crippen molar-refractivity contribution in [2.75, 3.05) is 0 Å². The molecule has 0 atom stereocenters. The maximum absolute atomic E-state index is 10.3. The van der Waals surface area contributed by atoms with Crippen LogP contribution in [0.25, 0.3) is 6.08 Å². The van der Waals surface area contributed by atoms with Gasteiger partial charge in [0.2, 0.25) is 5.91 Å². The van der Waals surface area contributed by atoms with Crippen LogP contribution in [-0.2, 0) is 4.79 Å². The molecule has 1 rings (SSSR count). The van der Waals surface area contributed by atoms with E-state index in [1.165, 1.54) is 12.2 Å². The predicted octanol–water partition coefficient (Wildman–Crippen LogP) is -0.0249. The second kappa shape index (κ2) is 3.46. The van der Waals surface area contributed by atoms with Crippen molar-refractivity contribution in [1.29, 1.82) is 0 Å². The van der Waals surface area contributed by atoms with Crippen LogP contribution < -0.4 is 5.73 Å². The molecule has 0 saturated carbocycles. The number of rotatable bonds is 2. The Labute approximate surface area is 63.7 Å². The highest BCUT2D eigenvalue weighted by Crippen LogP contribution is 1.92. The first-order chi connectivity index (χ1) is 5.29. The zero-order valence-electron chi connectivity index (χ0n) is 5.77. The highest BCUT2D eigenvalue weighted by Gasteiger charge is 1.86. The summed E-state index contributed by atoms with van der Waals surface area (Å²) in [5.74, 6) is -0.490. The summed E-state index contributed by atoms with van der Waals surface area (Å²) in [5, 5.41) is 7.32. The molecule has 1 amide bonds. The SMILES string of the molecule is NC(=O)C=Cc1cccnn1. The number of nitrogens with two attached hydrogens (primary N) is 1. The summed E-state index contributed by atoms with van der Waals surface area (Å²) in [6, 6.07) is 3.46. The summed E-state index contributed by atoms with van der Waals surface area (Å²) in [6.45, 7) is 0. The van der Waals surface area contributed by atoms with Crippen LogP contribution in [0.3, 0.4) is 0 Å². The highest BCUT2D eigenvalue weighted by atomic mass is 16.1. The Morgan fingerprint density at radius 2 is 2.45 bits per heavy atom.